The molecule has 0 unspecified atom stereocenters. The standard InChI is InChI=1S/C18H14BrNO2/c19-16-10-11-17(15-9-5-4-8-14(15)16)20-18(21)22-12-13-6-2-1-3-7-13/h1-11H,12H2,(H,20,21). The van der Waals surface area contributed by atoms with Gasteiger partial charge in [-0.3, -0.25) is 5.32 Å². The van der Waals surface area contributed by atoms with Gasteiger partial charge in [-0.2, -0.15) is 0 Å². The number of amides is 1. The molecule has 110 valence electrons. The van der Waals surface area contributed by atoms with E-state index in [0.717, 1.165) is 26.5 Å². The Balaban J connectivity index is 1.73. The van der Waals surface area contributed by atoms with E-state index in [-0.39, 0.29) is 6.61 Å². The van der Waals surface area contributed by atoms with Crippen LogP contribution in [0.1, 0.15) is 5.56 Å². The topological polar surface area (TPSA) is 38.3 Å². The fourth-order valence-corrected chi connectivity index (χ4v) is 2.72. The normalized spacial score (nSPS) is 10.4. The van der Waals surface area contributed by atoms with E-state index in [2.05, 4.69) is 21.2 Å². The molecule has 1 amide bonds. The summed E-state index contributed by atoms with van der Waals surface area (Å²) in [4.78, 5) is 12.0. The number of halogens is 1. The van der Waals surface area contributed by atoms with Crippen molar-refractivity contribution in [3.05, 3.63) is 76.8 Å². The Morgan fingerprint density at radius 1 is 0.909 bits per heavy atom. The van der Waals surface area contributed by atoms with Crippen molar-refractivity contribution in [1.29, 1.82) is 0 Å². The second kappa shape index (κ2) is 6.62. The fourth-order valence-electron chi connectivity index (χ4n) is 2.24. The number of ether oxygens (including phenoxy) is 1. The molecule has 0 radical (unpaired) electrons. The van der Waals surface area contributed by atoms with Crippen LogP contribution in [0.4, 0.5) is 10.5 Å². The molecule has 0 spiro atoms. The summed E-state index contributed by atoms with van der Waals surface area (Å²) in [6, 6.07) is 21.2. The van der Waals surface area contributed by atoms with Crippen molar-refractivity contribution in [1.82, 2.24) is 0 Å². The van der Waals surface area contributed by atoms with Gasteiger partial charge in [0.25, 0.3) is 0 Å². The van der Waals surface area contributed by atoms with E-state index >= 15 is 0 Å². The zero-order valence-electron chi connectivity index (χ0n) is 11.8. The number of carbonyl (C=O) groups excluding carboxylic acids is 1. The van der Waals surface area contributed by atoms with Gasteiger partial charge in [-0.15, -0.1) is 0 Å². The van der Waals surface area contributed by atoms with Gasteiger partial charge in [-0.05, 0) is 23.1 Å². The van der Waals surface area contributed by atoms with Crippen LogP contribution in [0.25, 0.3) is 10.8 Å². The van der Waals surface area contributed by atoms with E-state index in [1.807, 2.05) is 66.7 Å². The van der Waals surface area contributed by atoms with Gasteiger partial charge in [-0.1, -0.05) is 70.5 Å². The summed E-state index contributed by atoms with van der Waals surface area (Å²) in [5.41, 5.74) is 1.69. The third-order valence-corrected chi connectivity index (χ3v) is 4.01. The molecule has 1 N–H and O–H groups in total. The summed E-state index contributed by atoms with van der Waals surface area (Å²) in [6.45, 7) is 0.251. The quantitative estimate of drug-likeness (QED) is 0.687. The number of benzene rings is 3. The van der Waals surface area contributed by atoms with Crippen molar-refractivity contribution in [2.45, 2.75) is 6.61 Å². The summed E-state index contributed by atoms with van der Waals surface area (Å²) in [7, 11) is 0. The average Bonchev–Trinajstić information content (AvgIpc) is 2.57. The minimum absolute atomic E-state index is 0.251. The van der Waals surface area contributed by atoms with E-state index in [9.17, 15) is 4.79 Å². The summed E-state index contributed by atoms with van der Waals surface area (Å²) in [6.07, 6.45) is -0.462. The molecule has 4 heteroatoms. The molecule has 0 fully saturated rings. The van der Waals surface area contributed by atoms with Gasteiger partial charge in [0.15, 0.2) is 0 Å². The largest absolute Gasteiger partial charge is 0.444 e. The Morgan fingerprint density at radius 3 is 2.36 bits per heavy atom. The fraction of sp³-hybridized carbons (Fsp3) is 0.0556. The van der Waals surface area contributed by atoms with Crippen LogP contribution in [-0.2, 0) is 11.3 Å². The molecule has 0 heterocycles. The zero-order chi connectivity index (χ0) is 15.4. The van der Waals surface area contributed by atoms with Crippen molar-refractivity contribution in [3.63, 3.8) is 0 Å². The minimum atomic E-state index is -0.462. The third-order valence-electron chi connectivity index (χ3n) is 3.32. The van der Waals surface area contributed by atoms with Crippen LogP contribution < -0.4 is 5.32 Å². The van der Waals surface area contributed by atoms with E-state index in [1.54, 1.807) is 0 Å². The van der Waals surface area contributed by atoms with E-state index in [1.165, 1.54) is 0 Å². The first-order chi connectivity index (χ1) is 10.7. The first-order valence-corrected chi connectivity index (χ1v) is 7.68. The molecule has 0 atom stereocenters. The predicted octanol–water partition coefficient (Wildman–Crippen LogP) is 5.35. The highest BCUT2D eigenvalue weighted by atomic mass is 79.9. The summed E-state index contributed by atoms with van der Waals surface area (Å²) in [5.74, 6) is 0. The number of anilines is 1. The highest BCUT2D eigenvalue weighted by Gasteiger charge is 2.08. The van der Waals surface area contributed by atoms with Crippen LogP contribution in [-0.4, -0.2) is 6.09 Å². The van der Waals surface area contributed by atoms with Crippen LogP contribution in [0.3, 0.4) is 0 Å². The van der Waals surface area contributed by atoms with Gasteiger partial charge in [-0.25, -0.2) is 4.79 Å². The third kappa shape index (κ3) is 3.28. The smallest absolute Gasteiger partial charge is 0.411 e. The highest BCUT2D eigenvalue weighted by Crippen LogP contribution is 2.30. The molecule has 0 aliphatic carbocycles. The lowest BCUT2D eigenvalue weighted by Crippen LogP contribution is -2.13. The SMILES string of the molecule is O=C(Nc1ccc(Br)c2ccccc12)OCc1ccccc1. The molecule has 22 heavy (non-hydrogen) atoms. The minimum Gasteiger partial charge on any atom is -0.444 e. The monoisotopic (exact) mass is 355 g/mol. The number of fused-ring (bicyclic) bond motifs is 1. The lowest BCUT2D eigenvalue weighted by molar-refractivity contribution is 0.155. The van der Waals surface area contributed by atoms with E-state index in [4.69, 9.17) is 4.74 Å². The molecule has 3 aromatic rings. The van der Waals surface area contributed by atoms with Crippen LogP contribution >= 0.6 is 15.9 Å². The molecule has 0 aliphatic heterocycles. The van der Waals surface area contributed by atoms with Crippen molar-refractivity contribution in [2.75, 3.05) is 5.32 Å². The number of hydrogen-bond acceptors (Lipinski definition) is 2. The van der Waals surface area contributed by atoms with Crippen molar-refractivity contribution in [2.24, 2.45) is 0 Å². The second-order valence-electron chi connectivity index (χ2n) is 4.83. The Bertz CT molecular complexity index is 803. The van der Waals surface area contributed by atoms with Crippen molar-refractivity contribution >= 4 is 38.5 Å². The molecular formula is C18H14BrNO2. The van der Waals surface area contributed by atoms with Gasteiger partial charge in [0.1, 0.15) is 6.61 Å². The Kier molecular flexibility index (Phi) is 4.39. The molecule has 0 saturated heterocycles. The summed E-state index contributed by atoms with van der Waals surface area (Å²) >= 11 is 3.51. The van der Waals surface area contributed by atoms with Crippen LogP contribution in [0.15, 0.2) is 71.2 Å². The number of hydrogen-bond donors (Lipinski definition) is 1. The lowest BCUT2D eigenvalue weighted by Gasteiger charge is -2.10. The van der Waals surface area contributed by atoms with Crippen LogP contribution in [0, 0.1) is 0 Å². The predicted molar refractivity (Wildman–Crippen MR) is 91.9 cm³/mol. The lowest BCUT2D eigenvalue weighted by atomic mass is 10.1. The highest BCUT2D eigenvalue weighted by molar-refractivity contribution is 9.10. The number of carbonyl (C=O) groups is 1. The maximum absolute atomic E-state index is 12.0. The van der Waals surface area contributed by atoms with Gasteiger partial charge in [0, 0.05) is 9.86 Å². The van der Waals surface area contributed by atoms with Crippen LogP contribution in [0.2, 0.25) is 0 Å². The summed E-state index contributed by atoms with van der Waals surface area (Å²) < 4.78 is 6.24. The maximum Gasteiger partial charge on any atom is 0.411 e. The number of nitrogens with one attached hydrogen (secondary N) is 1. The molecular weight excluding hydrogens is 342 g/mol. The Labute approximate surface area is 137 Å². The van der Waals surface area contributed by atoms with Gasteiger partial charge in [0.2, 0.25) is 0 Å². The van der Waals surface area contributed by atoms with Crippen molar-refractivity contribution < 1.29 is 9.53 Å². The average molecular weight is 356 g/mol. The van der Waals surface area contributed by atoms with Gasteiger partial charge < -0.3 is 4.74 Å². The molecule has 0 bridgehead atoms. The van der Waals surface area contributed by atoms with E-state index in [0.29, 0.717) is 0 Å². The maximum atomic E-state index is 12.0. The molecule has 0 saturated carbocycles. The zero-order valence-corrected chi connectivity index (χ0v) is 13.3. The molecule has 3 aromatic carbocycles. The first-order valence-electron chi connectivity index (χ1n) is 6.89. The Morgan fingerprint density at radius 2 is 1.59 bits per heavy atom. The van der Waals surface area contributed by atoms with Crippen molar-refractivity contribution in [3.8, 4) is 0 Å². The van der Waals surface area contributed by atoms with Gasteiger partial charge >= 0.3 is 6.09 Å². The van der Waals surface area contributed by atoms with Crippen LogP contribution in [0.5, 0.6) is 0 Å². The first kappa shape index (κ1) is 14.6. The molecule has 0 aliphatic rings. The van der Waals surface area contributed by atoms with E-state index < -0.39 is 6.09 Å². The summed E-state index contributed by atoms with van der Waals surface area (Å²) in [5, 5.41) is 4.81. The Hall–Kier alpha value is -2.33. The molecule has 3 nitrogen and oxygen atoms in total. The number of rotatable bonds is 3. The second-order valence-corrected chi connectivity index (χ2v) is 5.68. The molecule has 3 rings (SSSR count). The molecule has 0 aromatic heterocycles. The van der Waals surface area contributed by atoms with Gasteiger partial charge in [0.05, 0.1) is 5.69 Å².